The summed E-state index contributed by atoms with van der Waals surface area (Å²) in [6.07, 6.45) is 3.34. The van der Waals surface area contributed by atoms with Crippen LogP contribution in [0.2, 0.25) is 0 Å². The van der Waals surface area contributed by atoms with Crippen LogP contribution < -0.4 is 16.4 Å². The van der Waals surface area contributed by atoms with Gasteiger partial charge >= 0.3 is 0 Å². The first kappa shape index (κ1) is 13.5. The van der Waals surface area contributed by atoms with E-state index in [9.17, 15) is 4.79 Å². The highest BCUT2D eigenvalue weighted by atomic mass is 16.1. The van der Waals surface area contributed by atoms with E-state index < -0.39 is 0 Å². The summed E-state index contributed by atoms with van der Waals surface area (Å²) in [5.74, 6) is -0.0508. The third-order valence-electron chi connectivity index (χ3n) is 2.39. The highest BCUT2D eigenvalue weighted by Gasteiger charge is 1.97. The molecule has 0 aliphatic carbocycles. The zero-order valence-corrected chi connectivity index (χ0v) is 10.3. The molecule has 4 N–H and O–H groups in total. The first-order valence-electron chi connectivity index (χ1n) is 6.04. The van der Waals surface area contributed by atoms with E-state index in [0.29, 0.717) is 0 Å². The minimum atomic E-state index is -0.0508. The van der Waals surface area contributed by atoms with Crippen molar-refractivity contribution >= 4 is 17.3 Å². The van der Waals surface area contributed by atoms with Gasteiger partial charge in [-0.2, -0.15) is 0 Å². The zero-order chi connectivity index (χ0) is 12.5. The van der Waals surface area contributed by atoms with Crippen molar-refractivity contribution in [3.05, 3.63) is 24.3 Å². The molecule has 0 fully saturated rings. The summed E-state index contributed by atoms with van der Waals surface area (Å²) in [6, 6.07) is 7.73. The topological polar surface area (TPSA) is 67.2 Å². The van der Waals surface area contributed by atoms with Crippen molar-refractivity contribution in [3.63, 3.8) is 0 Å². The summed E-state index contributed by atoms with van der Waals surface area (Å²) in [7, 11) is 0. The van der Waals surface area contributed by atoms with Gasteiger partial charge in [0.1, 0.15) is 0 Å². The highest BCUT2D eigenvalue weighted by molar-refractivity contribution is 5.89. The van der Waals surface area contributed by atoms with Crippen molar-refractivity contribution in [2.45, 2.75) is 26.2 Å². The fraction of sp³-hybridized carbons (Fsp3) is 0.462. The molecule has 0 aromatic heterocycles. The summed E-state index contributed by atoms with van der Waals surface area (Å²) in [6.45, 7) is 3.20. The SMILES string of the molecule is CC(=O)Nc1cccc(NCCCCCN)c1. The van der Waals surface area contributed by atoms with Crippen molar-refractivity contribution in [3.8, 4) is 0 Å². The molecule has 0 aliphatic heterocycles. The second-order valence-corrected chi connectivity index (χ2v) is 4.04. The summed E-state index contributed by atoms with van der Waals surface area (Å²) in [4.78, 5) is 10.9. The number of benzene rings is 1. The molecule has 0 aliphatic rings. The molecule has 1 rings (SSSR count). The minimum Gasteiger partial charge on any atom is -0.385 e. The Balaban J connectivity index is 2.35. The predicted octanol–water partition coefficient (Wildman–Crippen LogP) is 2.19. The van der Waals surface area contributed by atoms with Gasteiger partial charge in [0, 0.05) is 24.8 Å². The van der Waals surface area contributed by atoms with Crippen LogP contribution in [0.1, 0.15) is 26.2 Å². The minimum absolute atomic E-state index is 0.0508. The van der Waals surface area contributed by atoms with Gasteiger partial charge in [0.15, 0.2) is 0 Å². The van der Waals surface area contributed by atoms with Crippen molar-refractivity contribution < 1.29 is 4.79 Å². The van der Waals surface area contributed by atoms with Crippen LogP contribution in [0.15, 0.2) is 24.3 Å². The highest BCUT2D eigenvalue weighted by Crippen LogP contribution is 2.15. The molecule has 1 aromatic rings. The molecular formula is C13H21N3O. The molecule has 1 amide bonds. The predicted molar refractivity (Wildman–Crippen MR) is 72.1 cm³/mol. The van der Waals surface area contributed by atoms with Gasteiger partial charge in [-0.05, 0) is 37.6 Å². The van der Waals surface area contributed by atoms with Crippen LogP contribution in [0.25, 0.3) is 0 Å². The molecule has 4 heteroatoms. The van der Waals surface area contributed by atoms with Gasteiger partial charge < -0.3 is 16.4 Å². The van der Waals surface area contributed by atoms with Crippen LogP contribution in [0.4, 0.5) is 11.4 Å². The van der Waals surface area contributed by atoms with E-state index in [4.69, 9.17) is 5.73 Å². The average Bonchev–Trinajstić information content (AvgIpc) is 2.28. The number of hydrogen-bond donors (Lipinski definition) is 3. The number of carbonyl (C=O) groups is 1. The van der Waals surface area contributed by atoms with E-state index in [-0.39, 0.29) is 5.91 Å². The largest absolute Gasteiger partial charge is 0.385 e. The zero-order valence-electron chi connectivity index (χ0n) is 10.3. The molecule has 0 atom stereocenters. The molecule has 17 heavy (non-hydrogen) atoms. The Morgan fingerprint density at radius 2 is 2.00 bits per heavy atom. The van der Waals surface area contributed by atoms with Crippen molar-refractivity contribution in [1.82, 2.24) is 0 Å². The Bertz CT molecular complexity index is 352. The quantitative estimate of drug-likeness (QED) is 0.635. The van der Waals surface area contributed by atoms with E-state index in [0.717, 1.165) is 43.7 Å². The number of rotatable bonds is 7. The average molecular weight is 235 g/mol. The number of nitrogens with two attached hydrogens (primary N) is 1. The first-order valence-corrected chi connectivity index (χ1v) is 6.04. The maximum atomic E-state index is 10.9. The Labute approximate surface area is 103 Å². The third kappa shape index (κ3) is 5.92. The smallest absolute Gasteiger partial charge is 0.221 e. The van der Waals surface area contributed by atoms with Gasteiger partial charge in [-0.1, -0.05) is 12.5 Å². The fourth-order valence-corrected chi connectivity index (χ4v) is 1.59. The Kier molecular flexibility index (Phi) is 6.10. The molecule has 0 saturated heterocycles. The molecule has 0 unspecified atom stereocenters. The number of hydrogen-bond acceptors (Lipinski definition) is 3. The summed E-state index contributed by atoms with van der Waals surface area (Å²) in [5.41, 5.74) is 7.28. The molecule has 0 saturated carbocycles. The molecule has 94 valence electrons. The molecule has 0 heterocycles. The van der Waals surface area contributed by atoms with E-state index >= 15 is 0 Å². The number of unbranched alkanes of at least 4 members (excludes halogenated alkanes) is 2. The standard InChI is InChI=1S/C13H21N3O/c1-11(17)16-13-7-5-6-12(10-13)15-9-4-2-3-8-14/h5-7,10,15H,2-4,8-9,14H2,1H3,(H,16,17). The third-order valence-corrected chi connectivity index (χ3v) is 2.39. The van der Waals surface area contributed by atoms with Gasteiger partial charge in [0.2, 0.25) is 5.91 Å². The Hall–Kier alpha value is -1.55. The van der Waals surface area contributed by atoms with Crippen LogP contribution >= 0.6 is 0 Å². The van der Waals surface area contributed by atoms with Crippen molar-refractivity contribution in [2.24, 2.45) is 5.73 Å². The van der Waals surface area contributed by atoms with Crippen LogP contribution in [-0.2, 0) is 4.79 Å². The Morgan fingerprint density at radius 3 is 2.71 bits per heavy atom. The van der Waals surface area contributed by atoms with Gasteiger partial charge in [-0.3, -0.25) is 4.79 Å². The first-order chi connectivity index (χ1) is 8.22. The number of amides is 1. The van der Waals surface area contributed by atoms with E-state index in [1.165, 1.54) is 6.92 Å². The molecule has 4 nitrogen and oxygen atoms in total. The van der Waals surface area contributed by atoms with E-state index in [1.54, 1.807) is 0 Å². The van der Waals surface area contributed by atoms with Crippen molar-refractivity contribution in [1.29, 1.82) is 0 Å². The molecule has 0 bridgehead atoms. The number of nitrogens with one attached hydrogen (secondary N) is 2. The van der Waals surface area contributed by atoms with Crippen LogP contribution in [-0.4, -0.2) is 19.0 Å². The van der Waals surface area contributed by atoms with Crippen molar-refractivity contribution in [2.75, 3.05) is 23.7 Å². The lowest BCUT2D eigenvalue weighted by Gasteiger charge is -2.08. The van der Waals surface area contributed by atoms with Crippen LogP contribution in [0, 0.1) is 0 Å². The molecular weight excluding hydrogens is 214 g/mol. The second kappa shape index (κ2) is 7.68. The molecule has 0 spiro atoms. The lowest BCUT2D eigenvalue weighted by atomic mass is 10.2. The lowest BCUT2D eigenvalue weighted by molar-refractivity contribution is -0.114. The monoisotopic (exact) mass is 235 g/mol. The summed E-state index contributed by atoms with van der Waals surface area (Å²) >= 11 is 0. The second-order valence-electron chi connectivity index (χ2n) is 4.04. The van der Waals surface area contributed by atoms with E-state index in [1.807, 2.05) is 24.3 Å². The number of carbonyl (C=O) groups excluding carboxylic acids is 1. The summed E-state index contributed by atoms with van der Waals surface area (Å²) < 4.78 is 0. The maximum absolute atomic E-state index is 10.9. The van der Waals surface area contributed by atoms with Crippen LogP contribution in [0.3, 0.4) is 0 Å². The Morgan fingerprint density at radius 1 is 1.24 bits per heavy atom. The van der Waals surface area contributed by atoms with Gasteiger partial charge in [-0.25, -0.2) is 0 Å². The number of anilines is 2. The fourth-order valence-electron chi connectivity index (χ4n) is 1.59. The normalized spacial score (nSPS) is 10.0. The van der Waals surface area contributed by atoms with Crippen LogP contribution in [0.5, 0.6) is 0 Å². The molecule has 1 aromatic carbocycles. The molecule has 0 radical (unpaired) electrons. The van der Waals surface area contributed by atoms with Gasteiger partial charge in [-0.15, -0.1) is 0 Å². The van der Waals surface area contributed by atoms with Gasteiger partial charge in [0.25, 0.3) is 0 Å². The maximum Gasteiger partial charge on any atom is 0.221 e. The lowest BCUT2D eigenvalue weighted by Crippen LogP contribution is -2.07. The van der Waals surface area contributed by atoms with Gasteiger partial charge in [0.05, 0.1) is 0 Å². The van der Waals surface area contributed by atoms with E-state index in [2.05, 4.69) is 10.6 Å². The summed E-state index contributed by atoms with van der Waals surface area (Å²) in [5, 5.41) is 6.09.